The second-order valence-corrected chi connectivity index (χ2v) is 13.6. The summed E-state index contributed by atoms with van der Waals surface area (Å²) in [6.45, 7) is -0.0843. The summed E-state index contributed by atoms with van der Waals surface area (Å²) in [4.78, 5) is 12.7. The molecule has 0 bridgehead atoms. The first-order valence-electron chi connectivity index (χ1n) is 14.4. The molecule has 0 unspecified atom stereocenters. The fourth-order valence-electron chi connectivity index (χ4n) is 4.97. The van der Waals surface area contributed by atoms with Crippen molar-refractivity contribution in [2.45, 2.75) is 6.61 Å². The fraction of sp³-hybridized carbons (Fsp3) is 0.265. The maximum atomic E-state index is 12.7. The van der Waals surface area contributed by atoms with Crippen molar-refractivity contribution < 1.29 is 58.4 Å². The predicted octanol–water partition coefficient (Wildman–Crippen LogP) is 5.14. The van der Waals surface area contributed by atoms with E-state index in [1.807, 2.05) is 30.3 Å². The fourth-order valence-corrected chi connectivity index (χ4v) is 5.89. The van der Waals surface area contributed by atoms with Gasteiger partial charge in [-0.2, -0.15) is 16.8 Å². The molecule has 0 amide bonds. The second kappa shape index (κ2) is 15.5. The molecule has 15 heteroatoms. The number of ketones is 1. The molecule has 0 N–H and O–H groups in total. The van der Waals surface area contributed by atoms with Gasteiger partial charge in [-0.25, -0.2) is 0 Å². The molecule has 0 aromatic heterocycles. The first kappa shape index (κ1) is 36.8. The minimum Gasteiger partial charge on any atom is -0.496 e. The molecule has 0 radical (unpaired) electrons. The summed E-state index contributed by atoms with van der Waals surface area (Å²) in [5.41, 5.74) is 1.87. The Morgan fingerprint density at radius 3 is 1.73 bits per heavy atom. The summed E-state index contributed by atoms with van der Waals surface area (Å²) in [5.74, 6) is -0.344. The molecule has 0 aliphatic rings. The van der Waals surface area contributed by atoms with Crippen LogP contribution in [0.25, 0.3) is 22.3 Å². The third-order valence-corrected chi connectivity index (χ3v) is 7.89. The maximum Gasteiger partial charge on any atom is 0.306 e. The van der Waals surface area contributed by atoms with Crippen LogP contribution >= 0.6 is 0 Å². The Kier molecular flexibility index (Phi) is 11.6. The molecular formula is C34H36O13S2. The lowest BCUT2D eigenvalue weighted by molar-refractivity contribution is 0.0847. The minimum absolute atomic E-state index is 0.0753. The van der Waals surface area contributed by atoms with E-state index in [0.717, 1.165) is 18.1 Å². The summed E-state index contributed by atoms with van der Waals surface area (Å²) >= 11 is 0. The molecule has 0 fully saturated rings. The molecule has 262 valence electrons. The van der Waals surface area contributed by atoms with Crippen LogP contribution in [0.4, 0.5) is 0 Å². The quantitative estimate of drug-likeness (QED) is 0.111. The SMILES string of the molecule is COCC(=O)c1cc(OC)c(-c2cc(OC)c(-c3ccc(OCc4ccccc4)c(OS(C)(=O)=O)c3)c(OS(C)(=O)=O)c2OC)c(OC)c1. The smallest absolute Gasteiger partial charge is 0.306 e. The van der Waals surface area contributed by atoms with Crippen LogP contribution in [0.2, 0.25) is 0 Å². The highest BCUT2D eigenvalue weighted by Gasteiger charge is 2.30. The molecule has 0 spiro atoms. The lowest BCUT2D eigenvalue weighted by Crippen LogP contribution is -2.11. The van der Waals surface area contributed by atoms with Gasteiger partial charge in [-0.15, -0.1) is 0 Å². The molecule has 4 aromatic rings. The van der Waals surface area contributed by atoms with Crippen LogP contribution in [0, 0.1) is 0 Å². The first-order valence-corrected chi connectivity index (χ1v) is 18.0. The lowest BCUT2D eigenvalue weighted by Gasteiger charge is -2.23. The van der Waals surface area contributed by atoms with Crippen molar-refractivity contribution in [3.8, 4) is 62.5 Å². The van der Waals surface area contributed by atoms with Crippen LogP contribution in [0.3, 0.4) is 0 Å². The zero-order chi connectivity index (χ0) is 35.9. The highest BCUT2D eigenvalue weighted by Crippen LogP contribution is 2.54. The van der Waals surface area contributed by atoms with Gasteiger partial charge in [0.25, 0.3) is 0 Å². The van der Waals surface area contributed by atoms with E-state index in [1.165, 1.54) is 65.9 Å². The van der Waals surface area contributed by atoms with Gasteiger partial charge in [-0.1, -0.05) is 36.4 Å². The minimum atomic E-state index is -4.21. The number of hydrogen-bond acceptors (Lipinski definition) is 13. The molecule has 0 aliphatic heterocycles. The largest absolute Gasteiger partial charge is 0.496 e. The molecule has 13 nitrogen and oxygen atoms in total. The van der Waals surface area contributed by atoms with E-state index in [4.69, 9.17) is 36.8 Å². The average Bonchev–Trinajstić information content (AvgIpc) is 3.05. The Bertz CT molecular complexity index is 2020. The van der Waals surface area contributed by atoms with Gasteiger partial charge in [0.15, 0.2) is 28.8 Å². The molecule has 0 saturated heterocycles. The number of ether oxygens (including phenoxy) is 6. The standard InChI is InChI=1S/C34H36O13S2/c1-40-20-25(35)23-16-28(41-2)32(29(17-23)42-3)24-18-30(43-4)31(34(33(24)44-5)47-49(7,38)39)22-13-14-26(27(15-22)46-48(6,36)37)45-19-21-11-9-8-10-12-21/h8-18H,19-20H2,1-7H3. The Morgan fingerprint density at radius 1 is 0.612 bits per heavy atom. The van der Waals surface area contributed by atoms with Crippen molar-refractivity contribution in [1.82, 2.24) is 0 Å². The summed E-state index contributed by atoms with van der Waals surface area (Å²) < 4.78 is 94.6. The zero-order valence-electron chi connectivity index (χ0n) is 27.9. The third kappa shape index (κ3) is 8.93. The number of Topliss-reactive ketones (excluding diaryl/α,β-unsaturated/α-hetero) is 1. The number of benzene rings is 4. The molecule has 0 atom stereocenters. The van der Waals surface area contributed by atoms with Crippen LogP contribution in [0.5, 0.6) is 40.2 Å². The Balaban J connectivity index is 2.01. The van der Waals surface area contributed by atoms with Crippen molar-refractivity contribution in [2.75, 3.05) is 54.7 Å². The number of methoxy groups -OCH3 is 5. The van der Waals surface area contributed by atoms with E-state index < -0.39 is 20.2 Å². The van der Waals surface area contributed by atoms with Crippen LogP contribution in [-0.4, -0.2) is 77.3 Å². The summed E-state index contributed by atoms with van der Waals surface area (Å²) in [7, 11) is -1.43. The summed E-state index contributed by atoms with van der Waals surface area (Å²) in [5, 5.41) is 0. The van der Waals surface area contributed by atoms with Gasteiger partial charge in [-0.3, -0.25) is 4.79 Å². The normalized spacial score (nSPS) is 11.4. The first-order chi connectivity index (χ1) is 23.2. The summed E-state index contributed by atoms with van der Waals surface area (Å²) in [6.07, 6.45) is 1.73. The van der Waals surface area contributed by atoms with E-state index in [1.54, 1.807) is 6.07 Å². The van der Waals surface area contributed by atoms with E-state index in [9.17, 15) is 21.6 Å². The van der Waals surface area contributed by atoms with E-state index in [-0.39, 0.29) is 87.1 Å². The third-order valence-electron chi connectivity index (χ3n) is 6.94. The Morgan fingerprint density at radius 2 is 1.20 bits per heavy atom. The van der Waals surface area contributed by atoms with Crippen LogP contribution in [0.1, 0.15) is 15.9 Å². The van der Waals surface area contributed by atoms with Crippen molar-refractivity contribution in [3.05, 3.63) is 77.9 Å². The van der Waals surface area contributed by atoms with Gasteiger partial charge >= 0.3 is 20.2 Å². The average molecular weight is 717 g/mol. The maximum absolute atomic E-state index is 12.7. The predicted molar refractivity (Wildman–Crippen MR) is 181 cm³/mol. The molecule has 0 aliphatic carbocycles. The number of hydrogen-bond donors (Lipinski definition) is 0. The second-order valence-electron chi connectivity index (χ2n) is 10.5. The molecule has 49 heavy (non-hydrogen) atoms. The van der Waals surface area contributed by atoms with Crippen molar-refractivity contribution in [1.29, 1.82) is 0 Å². The highest BCUT2D eigenvalue weighted by atomic mass is 32.2. The Hall–Kier alpha value is -4.99. The van der Waals surface area contributed by atoms with Crippen molar-refractivity contribution in [2.24, 2.45) is 0 Å². The van der Waals surface area contributed by atoms with Gasteiger partial charge < -0.3 is 36.8 Å². The molecule has 4 rings (SSSR count). The highest BCUT2D eigenvalue weighted by molar-refractivity contribution is 7.86. The van der Waals surface area contributed by atoms with Gasteiger partial charge in [-0.05, 0) is 41.5 Å². The molecule has 4 aromatic carbocycles. The van der Waals surface area contributed by atoms with Crippen molar-refractivity contribution in [3.63, 3.8) is 0 Å². The van der Waals surface area contributed by atoms with E-state index in [0.29, 0.717) is 0 Å². The van der Waals surface area contributed by atoms with E-state index in [2.05, 4.69) is 0 Å². The van der Waals surface area contributed by atoms with Crippen LogP contribution in [0.15, 0.2) is 66.7 Å². The van der Waals surface area contributed by atoms with Gasteiger partial charge in [0.05, 0.1) is 52.1 Å². The molecular weight excluding hydrogens is 680 g/mol. The number of rotatable bonds is 16. The van der Waals surface area contributed by atoms with Crippen molar-refractivity contribution >= 4 is 26.0 Å². The van der Waals surface area contributed by atoms with Crippen LogP contribution in [-0.2, 0) is 31.6 Å². The monoisotopic (exact) mass is 716 g/mol. The topological polar surface area (TPSA) is 159 Å². The molecule has 0 saturated carbocycles. The summed E-state index contributed by atoms with van der Waals surface area (Å²) in [6, 6.07) is 18.1. The number of carbonyl (C=O) groups is 1. The lowest BCUT2D eigenvalue weighted by atomic mass is 9.94. The molecule has 0 heterocycles. The van der Waals surface area contributed by atoms with Gasteiger partial charge in [0.2, 0.25) is 0 Å². The Labute approximate surface area is 285 Å². The van der Waals surface area contributed by atoms with Crippen LogP contribution < -0.4 is 32.1 Å². The van der Waals surface area contributed by atoms with E-state index >= 15 is 0 Å². The van der Waals surface area contributed by atoms with Gasteiger partial charge in [0.1, 0.15) is 30.5 Å². The number of carbonyl (C=O) groups excluding carboxylic acids is 1. The zero-order valence-corrected chi connectivity index (χ0v) is 29.5. The van der Waals surface area contributed by atoms with Gasteiger partial charge in [0, 0.05) is 18.2 Å².